The highest BCUT2D eigenvalue weighted by molar-refractivity contribution is 6.30. The van der Waals surface area contributed by atoms with Crippen LogP contribution in [0.3, 0.4) is 0 Å². The highest BCUT2D eigenvalue weighted by Gasteiger charge is 2.12. The lowest BCUT2D eigenvalue weighted by molar-refractivity contribution is 1.13. The van der Waals surface area contributed by atoms with Gasteiger partial charge in [0.1, 0.15) is 12.1 Å². The van der Waals surface area contributed by atoms with Crippen LogP contribution in [0.15, 0.2) is 55.2 Å². The number of hydrogen-bond donors (Lipinski definition) is 1. The Morgan fingerprint density at radius 1 is 0.917 bits per heavy atom. The second-order valence-corrected chi connectivity index (χ2v) is 5.29. The summed E-state index contributed by atoms with van der Waals surface area (Å²) >= 11 is 6.07. The molecule has 0 saturated carbocycles. The normalized spacial score (nSPS) is 10.7. The maximum absolute atomic E-state index is 6.07. The maximum atomic E-state index is 6.07. The van der Waals surface area contributed by atoms with Gasteiger partial charge in [0.25, 0.3) is 0 Å². The molecule has 3 heterocycles. The summed E-state index contributed by atoms with van der Waals surface area (Å²) in [6.07, 6.45) is 6.28. The Bertz CT molecular complexity index is 1010. The van der Waals surface area contributed by atoms with Crippen molar-refractivity contribution in [3.05, 3.63) is 60.3 Å². The van der Waals surface area contributed by atoms with Gasteiger partial charge in [-0.15, -0.1) is 0 Å². The number of benzene rings is 1. The molecule has 0 amide bonds. The van der Waals surface area contributed by atoms with Crippen molar-refractivity contribution < 1.29 is 0 Å². The van der Waals surface area contributed by atoms with Gasteiger partial charge in [0.2, 0.25) is 0 Å². The minimum absolute atomic E-state index is 0.485. The Hall–Kier alpha value is -3.19. The fourth-order valence-corrected chi connectivity index (χ4v) is 2.38. The molecule has 24 heavy (non-hydrogen) atoms. The average Bonchev–Trinajstić information content (AvgIpc) is 2.62. The average molecular weight is 336 g/mol. The van der Waals surface area contributed by atoms with Gasteiger partial charge in [-0.05, 0) is 18.2 Å². The van der Waals surface area contributed by atoms with Crippen molar-refractivity contribution in [1.82, 2.24) is 29.9 Å². The molecule has 0 aliphatic rings. The van der Waals surface area contributed by atoms with Crippen molar-refractivity contribution in [2.24, 2.45) is 0 Å². The number of fused-ring (bicyclic) bond motifs is 1. The number of rotatable bonds is 3. The van der Waals surface area contributed by atoms with Crippen LogP contribution in [0.1, 0.15) is 0 Å². The summed E-state index contributed by atoms with van der Waals surface area (Å²) in [7, 11) is 0. The lowest BCUT2D eigenvalue weighted by Gasteiger charge is -2.09. The summed E-state index contributed by atoms with van der Waals surface area (Å²) in [4.78, 5) is 25.7. The lowest BCUT2D eigenvalue weighted by Crippen LogP contribution is -2.02. The molecule has 116 valence electrons. The van der Waals surface area contributed by atoms with Crippen LogP contribution in [-0.2, 0) is 0 Å². The van der Waals surface area contributed by atoms with Gasteiger partial charge in [0.05, 0.1) is 0 Å². The zero-order chi connectivity index (χ0) is 16.4. The third-order valence-corrected chi connectivity index (χ3v) is 3.48. The minimum Gasteiger partial charge on any atom is -0.323 e. The first-order valence-corrected chi connectivity index (χ1v) is 7.45. The summed E-state index contributed by atoms with van der Waals surface area (Å²) in [6, 6.07) is 9.07. The summed E-state index contributed by atoms with van der Waals surface area (Å²) < 4.78 is 0. The summed E-state index contributed by atoms with van der Waals surface area (Å²) in [5, 5.41) is 3.75. The van der Waals surface area contributed by atoms with Crippen LogP contribution >= 0.6 is 11.6 Å². The Morgan fingerprint density at radius 2 is 1.83 bits per heavy atom. The first-order valence-electron chi connectivity index (χ1n) is 7.07. The first-order chi connectivity index (χ1) is 11.8. The highest BCUT2D eigenvalue weighted by atomic mass is 35.5. The molecule has 1 aromatic carbocycles. The number of anilines is 2. The SMILES string of the molecule is Clc1cccc(-c2nc(Nc3ccncn3)c3nccnc3n2)c1. The molecule has 0 spiro atoms. The van der Waals surface area contributed by atoms with E-state index in [-0.39, 0.29) is 0 Å². The van der Waals surface area contributed by atoms with Gasteiger partial charge < -0.3 is 5.32 Å². The van der Waals surface area contributed by atoms with Crippen LogP contribution in [0.25, 0.3) is 22.6 Å². The van der Waals surface area contributed by atoms with Gasteiger partial charge in [-0.2, -0.15) is 0 Å². The molecule has 0 unspecified atom stereocenters. The standard InChI is InChI=1S/C16H10ClN7/c17-11-3-1-2-10(8-11)14-23-15-13(19-6-7-20-15)16(24-14)22-12-4-5-18-9-21-12/h1-9H,(H,18,20,21,22,23,24). The molecule has 7 nitrogen and oxygen atoms in total. The Labute approximate surface area is 141 Å². The fraction of sp³-hybridized carbons (Fsp3) is 0. The molecule has 0 atom stereocenters. The summed E-state index contributed by atoms with van der Waals surface area (Å²) in [6.45, 7) is 0. The van der Waals surface area contributed by atoms with E-state index in [0.29, 0.717) is 33.6 Å². The van der Waals surface area contributed by atoms with Crippen LogP contribution in [-0.4, -0.2) is 29.9 Å². The molecular formula is C16H10ClN7. The molecule has 3 aromatic heterocycles. The number of halogens is 1. The minimum atomic E-state index is 0.485. The summed E-state index contributed by atoms with van der Waals surface area (Å²) in [5.74, 6) is 1.62. The van der Waals surface area contributed by atoms with Crippen molar-refractivity contribution in [2.75, 3.05) is 5.32 Å². The van der Waals surface area contributed by atoms with Crippen LogP contribution in [0.2, 0.25) is 5.02 Å². The molecule has 0 fully saturated rings. The summed E-state index contributed by atoms with van der Waals surface area (Å²) in [5.41, 5.74) is 1.83. The molecule has 0 radical (unpaired) electrons. The zero-order valence-electron chi connectivity index (χ0n) is 12.3. The molecule has 1 N–H and O–H groups in total. The number of hydrogen-bond acceptors (Lipinski definition) is 7. The highest BCUT2D eigenvalue weighted by Crippen LogP contribution is 2.25. The molecule has 0 bridgehead atoms. The molecule has 0 aliphatic carbocycles. The van der Waals surface area contributed by atoms with Crippen molar-refractivity contribution in [3.63, 3.8) is 0 Å². The molecule has 0 aliphatic heterocycles. The smallest absolute Gasteiger partial charge is 0.184 e. The second-order valence-electron chi connectivity index (χ2n) is 4.85. The van der Waals surface area contributed by atoms with Crippen LogP contribution in [0.5, 0.6) is 0 Å². The molecule has 4 aromatic rings. The third-order valence-electron chi connectivity index (χ3n) is 3.24. The van der Waals surface area contributed by atoms with Crippen molar-refractivity contribution in [1.29, 1.82) is 0 Å². The Balaban J connectivity index is 1.88. The maximum Gasteiger partial charge on any atom is 0.184 e. The van der Waals surface area contributed by atoms with Crippen LogP contribution in [0, 0.1) is 0 Å². The van der Waals surface area contributed by atoms with E-state index in [1.807, 2.05) is 12.1 Å². The van der Waals surface area contributed by atoms with Gasteiger partial charge in [0, 0.05) is 29.2 Å². The number of nitrogens with one attached hydrogen (secondary N) is 1. The fourth-order valence-electron chi connectivity index (χ4n) is 2.19. The van der Waals surface area contributed by atoms with E-state index < -0.39 is 0 Å². The number of aromatic nitrogens is 6. The monoisotopic (exact) mass is 335 g/mol. The molecule has 0 saturated heterocycles. The Kier molecular flexibility index (Phi) is 3.68. The second kappa shape index (κ2) is 6.13. The number of nitrogens with zero attached hydrogens (tertiary/aromatic N) is 6. The largest absolute Gasteiger partial charge is 0.323 e. The van der Waals surface area contributed by atoms with E-state index in [9.17, 15) is 0 Å². The van der Waals surface area contributed by atoms with E-state index in [1.54, 1.807) is 36.8 Å². The van der Waals surface area contributed by atoms with Crippen molar-refractivity contribution in [3.8, 4) is 11.4 Å². The third kappa shape index (κ3) is 2.84. The lowest BCUT2D eigenvalue weighted by atomic mass is 10.2. The molecule has 4 rings (SSSR count). The predicted octanol–water partition coefficient (Wildman–Crippen LogP) is 3.27. The van der Waals surface area contributed by atoms with Gasteiger partial charge in [-0.3, -0.25) is 0 Å². The van der Waals surface area contributed by atoms with E-state index in [0.717, 1.165) is 5.56 Å². The van der Waals surface area contributed by atoms with E-state index in [2.05, 4.69) is 35.2 Å². The van der Waals surface area contributed by atoms with Gasteiger partial charge >= 0.3 is 0 Å². The van der Waals surface area contributed by atoms with Gasteiger partial charge in [-0.25, -0.2) is 29.9 Å². The van der Waals surface area contributed by atoms with E-state index >= 15 is 0 Å². The zero-order valence-corrected chi connectivity index (χ0v) is 13.0. The topological polar surface area (TPSA) is 89.4 Å². The van der Waals surface area contributed by atoms with Crippen molar-refractivity contribution >= 4 is 34.4 Å². The molecular weight excluding hydrogens is 326 g/mol. The Morgan fingerprint density at radius 3 is 2.67 bits per heavy atom. The van der Waals surface area contributed by atoms with E-state index in [1.165, 1.54) is 6.33 Å². The van der Waals surface area contributed by atoms with Crippen LogP contribution < -0.4 is 5.32 Å². The quantitative estimate of drug-likeness (QED) is 0.614. The van der Waals surface area contributed by atoms with Crippen LogP contribution in [0.4, 0.5) is 11.6 Å². The van der Waals surface area contributed by atoms with Gasteiger partial charge in [0.15, 0.2) is 22.8 Å². The first kappa shape index (κ1) is 14.4. The van der Waals surface area contributed by atoms with E-state index in [4.69, 9.17) is 11.6 Å². The predicted molar refractivity (Wildman–Crippen MR) is 90.9 cm³/mol. The van der Waals surface area contributed by atoms with Crippen molar-refractivity contribution in [2.45, 2.75) is 0 Å². The van der Waals surface area contributed by atoms with Gasteiger partial charge in [-0.1, -0.05) is 23.7 Å². The molecule has 8 heteroatoms.